The average molecular weight is 243 g/mol. The number of aryl methyl sites for hydroxylation is 1. The highest BCUT2D eigenvalue weighted by atomic mass is 15.2. The van der Waals surface area contributed by atoms with Crippen molar-refractivity contribution in [2.45, 2.75) is 13.8 Å². The quantitative estimate of drug-likeness (QED) is 0.897. The van der Waals surface area contributed by atoms with Crippen LogP contribution in [0.4, 0.5) is 5.82 Å². The number of rotatable bonds is 4. The van der Waals surface area contributed by atoms with Gasteiger partial charge >= 0.3 is 0 Å². The van der Waals surface area contributed by atoms with E-state index in [0.29, 0.717) is 12.5 Å². The molecule has 1 unspecified atom stereocenters. The van der Waals surface area contributed by atoms with Crippen molar-refractivity contribution in [3.63, 3.8) is 0 Å². The van der Waals surface area contributed by atoms with E-state index in [1.54, 1.807) is 0 Å². The van der Waals surface area contributed by atoms with E-state index >= 15 is 0 Å². The van der Waals surface area contributed by atoms with Crippen LogP contribution in [0.1, 0.15) is 12.5 Å². The molecule has 0 fully saturated rings. The van der Waals surface area contributed by atoms with Gasteiger partial charge in [-0.05, 0) is 37.1 Å². The lowest BCUT2D eigenvalue weighted by molar-refractivity contribution is 0.587. The molecule has 0 bridgehead atoms. The Kier molecular flexibility index (Phi) is 3.82. The summed E-state index contributed by atoms with van der Waals surface area (Å²) in [5.74, 6) is 1.52. The molecule has 3 nitrogen and oxygen atoms in total. The van der Waals surface area contributed by atoms with Crippen LogP contribution in [0.3, 0.4) is 0 Å². The smallest absolute Gasteiger partial charge is 0.131 e. The third-order valence-electron chi connectivity index (χ3n) is 3.24. The maximum atomic E-state index is 5.68. The van der Waals surface area contributed by atoms with Gasteiger partial charge in [0, 0.05) is 19.0 Å². The second kappa shape index (κ2) is 5.36. The highest BCUT2D eigenvalue weighted by molar-refractivity contribution is 5.81. The molecule has 2 rings (SSSR count). The zero-order chi connectivity index (χ0) is 13.1. The van der Waals surface area contributed by atoms with E-state index in [-0.39, 0.29) is 0 Å². The van der Waals surface area contributed by atoms with E-state index in [0.717, 1.165) is 17.9 Å². The van der Waals surface area contributed by atoms with Crippen LogP contribution in [-0.2, 0) is 0 Å². The van der Waals surface area contributed by atoms with E-state index in [9.17, 15) is 0 Å². The largest absolute Gasteiger partial charge is 0.359 e. The topological polar surface area (TPSA) is 42.2 Å². The number of hydrogen-bond acceptors (Lipinski definition) is 3. The maximum Gasteiger partial charge on any atom is 0.131 e. The summed E-state index contributed by atoms with van der Waals surface area (Å²) in [7, 11) is 2.08. The first-order valence-corrected chi connectivity index (χ1v) is 6.39. The molecule has 0 amide bonds. The van der Waals surface area contributed by atoms with Crippen LogP contribution < -0.4 is 10.6 Å². The highest BCUT2D eigenvalue weighted by Gasteiger charge is 2.10. The van der Waals surface area contributed by atoms with Crippen molar-refractivity contribution in [3.05, 3.63) is 35.9 Å². The molecule has 2 aromatic rings. The van der Waals surface area contributed by atoms with Gasteiger partial charge in [-0.25, -0.2) is 4.98 Å². The van der Waals surface area contributed by atoms with Gasteiger partial charge in [0.15, 0.2) is 0 Å². The molecular formula is C15H21N3. The lowest BCUT2D eigenvalue weighted by Gasteiger charge is -2.23. The standard InChI is InChI=1S/C15H21N3/c1-11(9-16)10-18(3)15-12(2)8-13-6-4-5-7-14(13)17-15/h4-8,11H,9-10,16H2,1-3H3. The number of aromatic nitrogens is 1. The molecule has 1 aromatic heterocycles. The van der Waals surface area contributed by atoms with Gasteiger partial charge in [0.1, 0.15) is 5.82 Å². The Hall–Kier alpha value is -1.61. The fourth-order valence-electron chi connectivity index (χ4n) is 2.23. The number of hydrogen-bond donors (Lipinski definition) is 1. The number of benzene rings is 1. The lowest BCUT2D eigenvalue weighted by Crippen LogP contribution is -2.29. The van der Waals surface area contributed by atoms with Crippen molar-refractivity contribution in [1.82, 2.24) is 4.98 Å². The predicted molar refractivity (Wildman–Crippen MR) is 78.0 cm³/mol. The molecule has 1 heterocycles. The summed E-state index contributed by atoms with van der Waals surface area (Å²) in [5, 5.41) is 1.19. The van der Waals surface area contributed by atoms with Crippen LogP contribution >= 0.6 is 0 Å². The summed E-state index contributed by atoms with van der Waals surface area (Å²) in [6, 6.07) is 10.4. The molecular weight excluding hydrogens is 222 g/mol. The van der Waals surface area contributed by atoms with Crippen molar-refractivity contribution in [2.24, 2.45) is 11.7 Å². The summed E-state index contributed by atoms with van der Waals surface area (Å²) in [6.07, 6.45) is 0. The van der Waals surface area contributed by atoms with Crippen LogP contribution in [-0.4, -0.2) is 25.1 Å². The van der Waals surface area contributed by atoms with E-state index in [1.165, 1.54) is 10.9 Å². The van der Waals surface area contributed by atoms with E-state index in [2.05, 4.69) is 44.0 Å². The van der Waals surface area contributed by atoms with Crippen molar-refractivity contribution >= 4 is 16.7 Å². The van der Waals surface area contributed by atoms with Gasteiger partial charge in [-0.2, -0.15) is 0 Å². The summed E-state index contributed by atoms with van der Waals surface area (Å²) in [6.45, 7) is 5.91. The zero-order valence-electron chi connectivity index (χ0n) is 11.4. The number of anilines is 1. The number of nitrogens with zero attached hydrogens (tertiary/aromatic N) is 2. The molecule has 0 aliphatic heterocycles. The first kappa shape index (κ1) is 12.8. The summed E-state index contributed by atoms with van der Waals surface area (Å²) in [5.41, 5.74) is 7.94. The maximum absolute atomic E-state index is 5.68. The van der Waals surface area contributed by atoms with Crippen molar-refractivity contribution in [3.8, 4) is 0 Å². The van der Waals surface area contributed by atoms with Gasteiger partial charge < -0.3 is 10.6 Å². The van der Waals surface area contributed by atoms with Crippen LogP contribution in [0.5, 0.6) is 0 Å². The Bertz CT molecular complexity index is 536. The number of para-hydroxylation sites is 1. The third kappa shape index (κ3) is 2.62. The van der Waals surface area contributed by atoms with Crippen LogP contribution in [0.2, 0.25) is 0 Å². The number of fused-ring (bicyclic) bond motifs is 1. The third-order valence-corrected chi connectivity index (χ3v) is 3.24. The first-order valence-electron chi connectivity index (χ1n) is 6.39. The minimum Gasteiger partial charge on any atom is -0.359 e. The Morgan fingerprint density at radius 2 is 2.06 bits per heavy atom. The minimum atomic E-state index is 0.475. The van der Waals surface area contributed by atoms with Gasteiger partial charge in [0.05, 0.1) is 5.52 Å². The Balaban J connectivity index is 2.35. The second-order valence-corrected chi connectivity index (χ2v) is 5.04. The molecule has 1 aromatic carbocycles. The van der Waals surface area contributed by atoms with Crippen molar-refractivity contribution in [1.29, 1.82) is 0 Å². The first-order chi connectivity index (χ1) is 8.61. The van der Waals surface area contributed by atoms with Crippen LogP contribution in [0.25, 0.3) is 10.9 Å². The van der Waals surface area contributed by atoms with Gasteiger partial charge in [-0.1, -0.05) is 25.1 Å². The fraction of sp³-hybridized carbons (Fsp3) is 0.400. The Labute approximate surface area is 109 Å². The van der Waals surface area contributed by atoms with E-state index < -0.39 is 0 Å². The number of pyridine rings is 1. The van der Waals surface area contributed by atoms with E-state index in [4.69, 9.17) is 10.7 Å². The Morgan fingerprint density at radius 3 is 2.78 bits per heavy atom. The molecule has 0 aliphatic rings. The zero-order valence-corrected chi connectivity index (χ0v) is 11.4. The van der Waals surface area contributed by atoms with Gasteiger partial charge in [0.25, 0.3) is 0 Å². The normalized spacial score (nSPS) is 12.7. The average Bonchev–Trinajstić information content (AvgIpc) is 2.37. The molecule has 1 atom stereocenters. The summed E-state index contributed by atoms with van der Waals surface area (Å²) >= 11 is 0. The van der Waals surface area contributed by atoms with Gasteiger partial charge in [0.2, 0.25) is 0 Å². The lowest BCUT2D eigenvalue weighted by atomic mass is 10.1. The Morgan fingerprint density at radius 1 is 1.33 bits per heavy atom. The molecule has 0 saturated heterocycles. The molecule has 0 saturated carbocycles. The van der Waals surface area contributed by atoms with Gasteiger partial charge in [-0.15, -0.1) is 0 Å². The SMILES string of the molecule is Cc1cc2ccccc2nc1N(C)CC(C)CN. The van der Waals surface area contributed by atoms with Crippen LogP contribution in [0.15, 0.2) is 30.3 Å². The monoisotopic (exact) mass is 243 g/mol. The molecule has 18 heavy (non-hydrogen) atoms. The molecule has 0 spiro atoms. The summed E-state index contributed by atoms with van der Waals surface area (Å²) in [4.78, 5) is 6.94. The highest BCUT2D eigenvalue weighted by Crippen LogP contribution is 2.22. The predicted octanol–water partition coefficient (Wildman–Crippen LogP) is 2.57. The fourth-order valence-corrected chi connectivity index (χ4v) is 2.23. The molecule has 0 radical (unpaired) electrons. The van der Waals surface area contributed by atoms with Crippen molar-refractivity contribution < 1.29 is 0 Å². The molecule has 3 heteroatoms. The van der Waals surface area contributed by atoms with E-state index in [1.807, 2.05) is 12.1 Å². The van der Waals surface area contributed by atoms with Crippen LogP contribution in [0, 0.1) is 12.8 Å². The minimum absolute atomic E-state index is 0.475. The molecule has 2 N–H and O–H groups in total. The molecule has 0 aliphatic carbocycles. The van der Waals surface area contributed by atoms with Crippen molar-refractivity contribution in [2.75, 3.05) is 25.0 Å². The summed E-state index contributed by atoms with van der Waals surface area (Å²) < 4.78 is 0. The van der Waals surface area contributed by atoms with Gasteiger partial charge in [-0.3, -0.25) is 0 Å². The molecule has 96 valence electrons. The second-order valence-electron chi connectivity index (χ2n) is 5.04. The number of nitrogens with two attached hydrogens (primary N) is 1.